The van der Waals surface area contributed by atoms with Crippen LogP contribution in [-0.2, 0) is 4.74 Å². The predicted octanol–water partition coefficient (Wildman–Crippen LogP) is 5.67. The largest absolute Gasteiger partial charge is 0.493 e. The van der Waals surface area contributed by atoms with Crippen molar-refractivity contribution in [2.24, 2.45) is 0 Å². The van der Waals surface area contributed by atoms with Crippen molar-refractivity contribution in [3.63, 3.8) is 0 Å². The van der Waals surface area contributed by atoms with E-state index < -0.39 is 17.8 Å². The molecule has 0 saturated carbocycles. The van der Waals surface area contributed by atoms with E-state index in [-0.39, 0.29) is 21.0 Å². The second-order valence-electron chi connectivity index (χ2n) is 6.85. The highest BCUT2D eigenvalue weighted by Gasteiger charge is 2.27. The average Bonchev–Trinajstić information content (AvgIpc) is 3.15. The number of thiophene rings is 1. The van der Waals surface area contributed by atoms with Crippen LogP contribution in [0.15, 0.2) is 36.4 Å². The number of hydrogen-bond donors (Lipinski definition) is 2. The Morgan fingerprint density at radius 3 is 2.24 bits per heavy atom. The summed E-state index contributed by atoms with van der Waals surface area (Å²) in [5.41, 5.74) is 0.984. The number of carbonyl (C=O) groups excluding carboxylic acids is 3. The highest BCUT2D eigenvalue weighted by Crippen LogP contribution is 2.36. The van der Waals surface area contributed by atoms with Gasteiger partial charge in [0.2, 0.25) is 0 Å². The number of halogens is 2. The molecule has 0 unspecified atom stereocenters. The van der Waals surface area contributed by atoms with Crippen LogP contribution in [0.4, 0.5) is 10.7 Å². The number of rotatable bonds is 7. The second kappa shape index (κ2) is 10.8. The fraction of sp³-hybridized carbons (Fsp3) is 0.174. The first-order chi connectivity index (χ1) is 16.2. The summed E-state index contributed by atoms with van der Waals surface area (Å²) in [6.07, 6.45) is 0. The van der Waals surface area contributed by atoms with Gasteiger partial charge in [-0.3, -0.25) is 9.59 Å². The van der Waals surface area contributed by atoms with Crippen molar-refractivity contribution in [1.29, 1.82) is 0 Å². The van der Waals surface area contributed by atoms with Gasteiger partial charge in [-0.2, -0.15) is 0 Å². The predicted molar refractivity (Wildman–Crippen MR) is 132 cm³/mol. The molecule has 2 aromatic carbocycles. The van der Waals surface area contributed by atoms with E-state index in [1.165, 1.54) is 33.5 Å². The molecule has 34 heavy (non-hydrogen) atoms. The third-order valence-electron chi connectivity index (χ3n) is 4.79. The number of ether oxygens (including phenoxy) is 3. The third kappa shape index (κ3) is 5.27. The van der Waals surface area contributed by atoms with Gasteiger partial charge in [0.1, 0.15) is 5.00 Å². The Hall–Kier alpha value is -3.27. The van der Waals surface area contributed by atoms with Gasteiger partial charge in [0, 0.05) is 10.6 Å². The summed E-state index contributed by atoms with van der Waals surface area (Å²) in [7, 11) is 4.15. The van der Waals surface area contributed by atoms with Crippen molar-refractivity contribution in [2.45, 2.75) is 6.92 Å². The molecule has 1 aromatic heterocycles. The lowest BCUT2D eigenvalue weighted by atomic mass is 10.1. The van der Waals surface area contributed by atoms with Gasteiger partial charge in [-0.05, 0) is 48.9 Å². The molecule has 3 rings (SSSR count). The van der Waals surface area contributed by atoms with Gasteiger partial charge in [-0.25, -0.2) is 4.79 Å². The van der Waals surface area contributed by atoms with Crippen molar-refractivity contribution in [3.05, 3.63) is 68.0 Å². The highest BCUT2D eigenvalue weighted by atomic mass is 35.5. The zero-order chi connectivity index (χ0) is 25.0. The lowest BCUT2D eigenvalue weighted by Gasteiger charge is -2.10. The van der Waals surface area contributed by atoms with Crippen LogP contribution in [0.2, 0.25) is 10.0 Å². The maximum absolute atomic E-state index is 13.0. The van der Waals surface area contributed by atoms with E-state index in [1.54, 1.807) is 31.2 Å². The van der Waals surface area contributed by atoms with Crippen molar-refractivity contribution < 1.29 is 28.6 Å². The van der Waals surface area contributed by atoms with Crippen LogP contribution in [0.3, 0.4) is 0 Å². The summed E-state index contributed by atoms with van der Waals surface area (Å²) in [6.45, 7) is 1.59. The summed E-state index contributed by atoms with van der Waals surface area (Å²) in [5, 5.41) is 6.21. The fourth-order valence-electron chi connectivity index (χ4n) is 3.09. The van der Waals surface area contributed by atoms with E-state index in [1.807, 2.05) is 0 Å². The first kappa shape index (κ1) is 25.4. The van der Waals surface area contributed by atoms with E-state index in [0.29, 0.717) is 32.8 Å². The molecule has 0 bridgehead atoms. The fourth-order valence-corrected chi connectivity index (χ4v) is 4.51. The molecule has 0 atom stereocenters. The minimum absolute atomic E-state index is 0.0728. The number of carbonyl (C=O) groups is 3. The summed E-state index contributed by atoms with van der Waals surface area (Å²) in [4.78, 5) is 38.6. The smallest absolute Gasteiger partial charge is 0.341 e. The number of hydrogen-bond acceptors (Lipinski definition) is 7. The summed E-state index contributed by atoms with van der Waals surface area (Å²) >= 11 is 13.1. The minimum atomic E-state index is -0.698. The van der Waals surface area contributed by atoms with Crippen LogP contribution in [0.5, 0.6) is 11.5 Å². The average molecular weight is 523 g/mol. The molecular formula is C23H20Cl2N2O6S. The Labute approximate surface area is 209 Å². The topological polar surface area (TPSA) is 103 Å². The molecule has 0 aliphatic heterocycles. The Morgan fingerprint density at radius 1 is 0.882 bits per heavy atom. The lowest BCUT2D eigenvalue weighted by molar-refractivity contribution is 0.0601. The van der Waals surface area contributed by atoms with Gasteiger partial charge in [0.15, 0.2) is 11.5 Å². The summed E-state index contributed by atoms with van der Waals surface area (Å²) in [6, 6.07) is 9.28. The Kier molecular flexibility index (Phi) is 8.03. The number of methoxy groups -OCH3 is 3. The minimum Gasteiger partial charge on any atom is -0.493 e. The molecule has 2 amide bonds. The number of amides is 2. The van der Waals surface area contributed by atoms with E-state index in [0.717, 1.165) is 11.3 Å². The molecule has 0 spiro atoms. The normalized spacial score (nSPS) is 10.4. The monoisotopic (exact) mass is 522 g/mol. The van der Waals surface area contributed by atoms with E-state index in [9.17, 15) is 14.4 Å². The maximum atomic E-state index is 13.0. The van der Waals surface area contributed by atoms with Gasteiger partial charge < -0.3 is 24.8 Å². The van der Waals surface area contributed by atoms with Crippen molar-refractivity contribution >= 4 is 63.0 Å². The molecule has 0 radical (unpaired) electrons. The first-order valence-electron chi connectivity index (χ1n) is 9.71. The SMILES string of the molecule is COC(=O)c1c(NC(=O)c2ccc(OC)c(OC)c2)sc(C(=O)Nc2cc(Cl)ccc2Cl)c1C. The van der Waals surface area contributed by atoms with Crippen LogP contribution in [0.1, 0.15) is 36.0 Å². The van der Waals surface area contributed by atoms with Crippen LogP contribution in [0, 0.1) is 6.92 Å². The number of benzene rings is 2. The summed E-state index contributed by atoms with van der Waals surface area (Å²) < 4.78 is 15.3. The van der Waals surface area contributed by atoms with Gasteiger partial charge in [-0.15, -0.1) is 11.3 Å². The quantitative estimate of drug-likeness (QED) is 0.387. The molecular weight excluding hydrogens is 503 g/mol. The van der Waals surface area contributed by atoms with Crippen molar-refractivity contribution in [1.82, 2.24) is 0 Å². The van der Waals surface area contributed by atoms with Gasteiger partial charge in [0.05, 0.1) is 42.5 Å². The molecule has 1 heterocycles. The molecule has 0 aliphatic rings. The Bertz CT molecular complexity index is 1270. The number of esters is 1. The zero-order valence-corrected chi connectivity index (χ0v) is 20.9. The molecule has 178 valence electrons. The van der Waals surface area contributed by atoms with Gasteiger partial charge >= 0.3 is 5.97 Å². The third-order valence-corrected chi connectivity index (χ3v) is 6.56. The van der Waals surface area contributed by atoms with Crippen molar-refractivity contribution in [2.75, 3.05) is 32.0 Å². The lowest BCUT2D eigenvalue weighted by Crippen LogP contribution is -2.14. The van der Waals surface area contributed by atoms with Crippen LogP contribution in [-0.4, -0.2) is 39.1 Å². The van der Waals surface area contributed by atoms with Crippen LogP contribution < -0.4 is 20.1 Å². The Balaban J connectivity index is 1.95. The van der Waals surface area contributed by atoms with Crippen LogP contribution in [0.25, 0.3) is 0 Å². The van der Waals surface area contributed by atoms with Gasteiger partial charge in [-0.1, -0.05) is 23.2 Å². The zero-order valence-electron chi connectivity index (χ0n) is 18.6. The van der Waals surface area contributed by atoms with Crippen LogP contribution >= 0.6 is 34.5 Å². The number of nitrogens with one attached hydrogen (secondary N) is 2. The van der Waals surface area contributed by atoms with E-state index in [2.05, 4.69) is 10.6 Å². The molecule has 3 aromatic rings. The highest BCUT2D eigenvalue weighted by molar-refractivity contribution is 7.19. The first-order valence-corrected chi connectivity index (χ1v) is 11.3. The molecule has 2 N–H and O–H groups in total. The van der Waals surface area contributed by atoms with Gasteiger partial charge in [0.25, 0.3) is 11.8 Å². The second-order valence-corrected chi connectivity index (χ2v) is 8.72. The molecule has 0 saturated heterocycles. The van der Waals surface area contributed by atoms with E-state index in [4.69, 9.17) is 37.4 Å². The molecule has 0 aliphatic carbocycles. The maximum Gasteiger partial charge on any atom is 0.341 e. The Morgan fingerprint density at radius 2 is 1.59 bits per heavy atom. The standard InChI is InChI=1S/C23H20Cl2N2O6S/c1-11-18(23(30)33-4)22(27-20(28)12-5-8-16(31-2)17(9-12)32-3)34-19(11)21(29)26-15-10-13(24)6-7-14(15)25/h5-10H,1-4H3,(H,26,29)(H,27,28). The molecule has 0 fully saturated rings. The van der Waals surface area contributed by atoms with E-state index >= 15 is 0 Å². The number of anilines is 2. The summed E-state index contributed by atoms with van der Waals surface area (Å²) in [5.74, 6) is -0.916. The molecule has 8 nitrogen and oxygen atoms in total. The molecule has 11 heteroatoms. The van der Waals surface area contributed by atoms with Crippen molar-refractivity contribution in [3.8, 4) is 11.5 Å².